The summed E-state index contributed by atoms with van der Waals surface area (Å²) in [7, 11) is 0. The second-order valence-electron chi connectivity index (χ2n) is 4.43. The molecule has 1 unspecified atom stereocenters. The van der Waals surface area contributed by atoms with E-state index in [-0.39, 0.29) is 5.91 Å². The van der Waals surface area contributed by atoms with E-state index in [4.69, 9.17) is 5.73 Å². The Morgan fingerprint density at radius 2 is 2.35 bits per heavy atom. The van der Waals surface area contributed by atoms with E-state index in [1.54, 1.807) is 6.07 Å². The van der Waals surface area contributed by atoms with Crippen molar-refractivity contribution in [2.75, 3.05) is 17.2 Å². The Morgan fingerprint density at radius 1 is 1.53 bits per heavy atom. The maximum absolute atomic E-state index is 12.2. The number of thioether (sulfide) groups is 1. The molecular weight excluding hydrogens is 232 g/mol. The van der Waals surface area contributed by atoms with Gasteiger partial charge in [-0.1, -0.05) is 12.1 Å². The topological polar surface area (TPSA) is 55.1 Å². The zero-order valence-corrected chi connectivity index (χ0v) is 10.8. The monoisotopic (exact) mass is 250 g/mol. The van der Waals surface area contributed by atoms with Crippen LogP contribution in [0.1, 0.15) is 28.8 Å². The molecule has 3 N–H and O–H groups in total. The normalized spacial score (nSPS) is 19.9. The van der Waals surface area contributed by atoms with E-state index in [9.17, 15) is 4.79 Å². The Bertz CT molecular complexity index is 394. The average Bonchev–Trinajstić information content (AvgIpc) is 2.30. The number of nitrogen functional groups attached to an aromatic ring is 1. The van der Waals surface area contributed by atoms with Crippen LogP contribution in [-0.4, -0.2) is 23.5 Å². The highest BCUT2D eigenvalue weighted by Gasteiger charge is 2.19. The lowest BCUT2D eigenvalue weighted by Gasteiger charge is -2.23. The smallest absolute Gasteiger partial charge is 0.253 e. The van der Waals surface area contributed by atoms with E-state index >= 15 is 0 Å². The molecule has 17 heavy (non-hydrogen) atoms. The fourth-order valence-corrected chi connectivity index (χ4v) is 3.18. The molecule has 92 valence electrons. The second-order valence-corrected chi connectivity index (χ2v) is 5.58. The molecule has 0 spiro atoms. The Morgan fingerprint density at radius 3 is 3.00 bits per heavy atom. The van der Waals surface area contributed by atoms with Crippen molar-refractivity contribution in [1.82, 2.24) is 5.32 Å². The van der Waals surface area contributed by atoms with Gasteiger partial charge in [0.2, 0.25) is 0 Å². The van der Waals surface area contributed by atoms with E-state index in [0.29, 0.717) is 17.3 Å². The maximum atomic E-state index is 12.2. The number of carbonyl (C=O) groups excluding carboxylic acids is 1. The minimum atomic E-state index is -0.0342. The third-order valence-electron chi connectivity index (χ3n) is 3.03. The molecule has 4 heteroatoms. The molecule has 1 saturated heterocycles. The van der Waals surface area contributed by atoms with Crippen LogP contribution in [0.2, 0.25) is 0 Å². The van der Waals surface area contributed by atoms with Gasteiger partial charge in [0.15, 0.2) is 0 Å². The quantitative estimate of drug-likeness (QED) is 0.791. The molecule has 1 aliphatic heterocycles. The van der Waals surface area contributed by atoms with Crippen LogP contribution in [-0.2, 0) is 0 Å². The van der Waals surface area contributed by atoms with Gasteiger partial charge in [0.25, 0.3) is 5.91 Å². The Labute approximate surface area is 106 Å². The van der Waals surface area contributed by atoms with E-state index in [1.165, 1.54) is 12.2 Å². The van der Waals surface area contributed by atoms with Crippen molar-refractivity contribution in [3.05, 3.63) is 29.3 Å². The highest BCUT2D eigenvalue weighted by Crippen LogP contribution is 2.20. The first-order chi connectivity index (χ1) is 8.18. The molecule has 1 aromatic carbocycles. The molecule has 0 bridgehead atoms. The standard InChI is InChI=1S/C13H18N2OS/c1-9-4-2-6-11(14)12(9)13(16)15-10-5-3-7-17-8-10/h2,4,6,10H,3,5,7-8,14H2,1H3,(H,15,16). The van der Waals surface area contributed by atoms with Crippen LogP contribution >= 0.6 is 11.8 Å². The van der Waals surface area contributed by atoms with Crippen molar-refractivity contribution in [3.63, 3.8) is 0 Å². The second kappa shape index (κ2) is 5.45. The molecule has 1 aromatic rings. The first kappa shape index (κ1) is 12.3. The van der Waals surface area contributed by atoms with Crippen LogP contribution in [0.4, 0.5) is 5.69 Å². The summed E-state index contributed by atoms with van der Waals surface area (Å²) in [6.07, 6.45) is 2.25. The summed E-state index contributed by atoms with van der Waals surface area (Å²) in [5, 5.41) is 3.08. The molecule has 1 aliphatic rings. The molecule has 1 heterocycles. The molecule has 0 saturated carbocycles. The third-order valence-corrected chi connectivity index (χ3v) is 4.24. The van der Waals surface area contributed by atoms with Crippen LogP contribution in [0.5, 0.6) is 0 Å². The predicted molar refractivity (Wildman–Crippen MR) is 73.4 cm³/mol. The predicted octanol–water partition coefficient (Wildman–Crippen LogP) is 2.20. The lowest BCUT2D eigenvalue weighted by Crippen LogP contribution is -2.38. The van der Waals surface area contributed by atoms with Crippen LogP contribution in [0.15, 0.2) is 18.2 Å². The molecule has 0 aliphatic carbocycles. The fourth-order valence-electron chi connectivity index (χ4n) is 2.11. The number of hydrogen-bond donors (Lipinski definition) is 2. The van der Waals surface area contributed by atoms with Gasteiger partial charge in [0.05, 0.1) is 5.56 Å². The molecule has 0 aromatic heterocycles. The first-order valence-electron chi connectivity index (χ1n) is 5.92. The van der Waals surface area contributed by atoms with Crippen LogP contribution in [0, 0.1) is 6.92 Å². The van der Waals surface area contributed by atoms with Crippen LogP contribution in [0.25, 0.3) is 0 Å². The van der Waals surface area contributed by atoms with Crippen molar-refractivity contribution in [2.45, 2.75) is 25.8 Å². The van der Waals surface area contributed by atoms with Crippen molar-refractivity contribution in [2.24, 2.45) is 0 Å². The van der Waals surface area contributed by atoms with Gasteiger partial charge >= 0.3 is 0 Å². The largest absolute Gasteiger partial charge is 0.398 e. The van der Waals surface area contributed by atoms with E-state index < -0.39 is 0 Å². The molecule has 1 amide bonds. The lowest BCUT2D eigenvalue weighted by atomic mass is 10.1. The van der Waals surface area contributed by atoms with Gasteiger partial charge in [0, 0.05) is 17.5 Å². The van der Waals surface area contributed by atoms with Crippen molar-refractivity contribution < 1.29 is 4.79 Å². The highest BCUT2D eigenvalue weighted by atomic mass is 32.2. The minimum Gasteiger partial charge on any atom is -0.398 e. The van der Waals surface area contributed by atoms with Gasteiger partial charge in [-0.25, -0.2) is 0 Å². The van der Waals surface area contributed by atoms with E-state index in [2.05, 4.69) is 5.32 Å². The van der Waals surface area contributed by atoms with Gasteiger partial charge in [-0.15, -0.1) is 0 Å². The number of hydrogen-bond acceptors (Lipinski definition) is 3. The Hall–Kier alpha value is -1.16. The molecule has 1 fully saturated rings. The molecular formula is C13H18N2OS. The summed E-state index contributed by atoms with van der Waals surface area (Å²) < 4.78 is 0. The van der Waals surface area contributed by atoms with E-state index in [1.807, 2.05) is 30.8 Å². The fraction of sp³-hybridized carbons (Fsp3) is 0.462. The number of nitrogens with two attached hydrogens (primary N) is 1. The van der Waals surface area contributed by atoms with Gasteiger partial charge in [0.1, 0.15) is 0 Å². The number of carbonyl (C=O) groups is 1. The Balaban J connectivity index is 2.08. The number of rotatable bonds is 2. The van der Waals surface area contributed by atoms with Crippen LogP contribution < -0.4 is 11.1 Å². The van der Waals surface area contributed by atoms with Gasteiger partial charge < -0.3 is 11.1 Å². The van der Waals surface area contributed by atoms with Crippen LogP contribution in [0.3, 0.4) is 0 Å². The summed E-state index contributed by atoms with van der Waals surface area (Å²) in [4.78, 5) is 12.2. The number of benzene rings is 1. The summed E-state index contributed by atoms with van der Waals surface area (Å²) in [6.45, 7) is 1.92. The average molecular weight is 250 g/mol. The summed E-state index contributed by atoms with van der Waals surface area (Å²) in [5.74, 6) is 2.18. The van der Waals surface area contributed by atoms with Crippen molar-refractivity contribution in [1.29, 1.82) is 0 Å². The highest BCUT2D eigenvalue weighted by molar-refractivity contribution is 7.99. The first-order valence-corrected chi connectivity index (χ1v) is 7.07. The number of anilines is 1. The minimum absolute atomic E-state index is 0.0342. The van der Waals surface area contributed by atoms with Crippen molar-refractivity contribution >= 4 is 23.4 Å². The number of aryl methyl sites for hydroxylation is 1. The van der Waals surface area contributed by atoms with Gasteiger partial charge in [-0.2, -0.15) is 11.8 Å². The summed E-state index contributed by atoms with van der Waals surface area (Å²) >= 11 is 1.90. The van der Waals surface area contributed by atoms with Crippen molar-refractivity contribution in [3.8, 4) is 0 Å². The summed E-state index contributed by atoms with van der Waals surface area (Å²) in [5.41, 5.74) is 7.99. The molecule has 1 atom stereocenters. The summed E-state index contributed by atoms with van der Waals surface area (Å²) in [6, 6.07) is 5.86. The molecule has 2 rings (SSSR count). The SMILES string of the molecule is Cc1cccc(N)c1C(=O)NC1CCCSC1. The lowest BCUT2D eigenvalue weighted by molar-refractivity contribution is 0.0939. The Kier molecular flexibility index (Phi) is 3.94. The number of amides is 1. The zero-order valence-electron chi connectivity index (χ0n) is 10.0. The molecule has 0 radical (unpaired) electrons. The van der Waals surface area contributed by atoms with E-state index in [0.717, 1.165) is 17.7 Å². The number of nitrogens with one attached hydrogen (secondary N) is 1. The zero-order chi connectivity index (χ0) is 12.3. The van der Waals surface area contributed by atoms with Gasteiger partial charge in [-0.3, -0.25) is 4.79 Å². The van der Waals surface area contributed by atoms with Gasteiger partial charge in [-0.05, 0) is 37.1 Å². The molecule has 3 nitrogen and oxygen atoms in total. The third kappa shape index (κ3) is 2.94. The maximum Gasteiger partial charge on any atom is 0.253 e.